The number of hydrogen-bond acceptors (Lipinski definition) is 2. The van der Waals surface area contributed by atoms with Crippen LogP contribution in [0.15, 0.2) is 48.5 Å². The first kappa shape index (κ1) is 17.2. The summed E-state index contributed by atoms with van der Waals surface area (Å²) >= 11 is 0. The lowest BCUT2D eigenvalue weighted by Crippen LogP contribution is -2.25. The lowest BCUT2D eigenvalue weighted by atomic mass is 10.0. The zero-order chi connectivity index (χ0) is 17.8. The zero-order valence-electron chi connectivity index (χ0n) is 15.1. The summed E-state index contributed by atoms with van der Waals surface area (Å²) in [5.74, 6) is -0.0199. The van der Waals surface area contributed by atoms with Crippen molar-refractivity contribution < 1.29 is 4.79 Å². The summed E-state index contributed by atoms with van der Waals surface area (Å²) in [5, 5.41) is 3.99. The van der Waals surface area contributed by atoms with Gasteiger partial charge in [-0.15, -0.1) is 0 Å². The standard InChI is InChI=1S/C22H24N2O/c1-15-12-16(2)21-19(13-15)20(14-17(3)24-21)22(25)23-11-7-10-18-8-5-4-6-9-18/h4-6,8-9,12-14H,7,10-11H2,1-3H3,(H,23,25). The second-order valence-electron chi connectivity index (χ2n) is 6.63. The first-order valence-electron chi connectivity index (χ1n) is 8.75. The molecule has 0 atom stereocenters. The summed E-state index contributed by atoms with van der Waals surface area (Å²) in [7, 11) is 0. The Kier molecular flexibility index (Phi) is 5.13. The van der Waals surface area contributed by atoms with Crippen LogP contribution in [-0.2, 0) is 6.42 Å². The number of nitrogens with one attached hydrogen (secondary N) is 1. The molecule has 0 saturated carbocycles. The molecule has 0 aliphatic carbocycles. The van der Waals surface area contributed by atoms with Crippen LogP contribution in [0.3, 0.4) is 0 Å². The van der Waals surface area contributed by atoms with E-state index in [0.717, 1.165) is 40.6 Å². The number of aromatic nitrogens is 1. The molecule has 0 aliphatic heterocycles. The van der Waals surface area contributed by atoms with E-state index in [1.54, 1.807) is 0 Å². The van der Waals surface area contributed by atoms with Gasteiger partial charge in [0.25, 0.3) is 5.91 Å². The fourth-order valence-electron chi connectivity index (χ4n) is 3.23. The topological polar surface area (TPSA) is 42.0 Å². The van der Waals surface area contributed by atoms with E-state index in [2.05, 4.69) is 28.5 Å². The van der Waals surface area contributed by atoms with Crippen LogP contribution in [-0.4, -0.2) is 17.4 Å². The van der Waals surface area contributed by atoms with Gasteiger partial charge in [-0.05, 0) is 56.9 Å². The quantitative estimate of drug-likeness (QED) is 0.698. The van der Waals surface area contributed by atoms with Crippen LogP contribution >= 0.6 is 0 Å². The largest absolute Gasteiger partial charge is 0.352 e. The Morgan fingerprint density at radius 2 is 1.80 bits per heavy atom. The Labute approximate surface area is 149 Å². The van der Waals surface area contributed by atoms with Gasteiger partial charge in [0, 0.05) is 17.6 Å². The number of benzene rings is 2. The van der Waals surface area contributed by atoms with Crippen molar-refractivity contribution in [3.63, 3.8) is 0 Å². The van der Waals surface area contributed by atoms with Gasteiger partial charge in [0.05, 0.1) is 11.1 Å². The molecule has 1 N–H and O–H groups in total. The summed E-state index contributed by atoms with van der Waals surface area (Å²) in [4.78, 5) is 17.3. The smallest absolute Gasteiger partial charge is 0.252 e. The Hall–Kier alpha value is -2.68. The average Bonchev–Trinajstić information content (AvgIpc) is 2.59. The highest BCUT2D eigenvalue weighted by Gasteiger charge is 2.13. The number of carbonyl (C=O) groups excluding carboxylic acids is 1. The number of pyridine rings is 1. The highest BCUT2D eigenvalue weighted by atomic mass is 16.1. The third-order valence-corrected chi connectivity index (χ3v) is 4.39. The van der Waals surface area contributed by atoms with E-state index in [1.165, 1.54) is 5.56 Å². The molecule has 3 nitrogen and oxygen atoms in total. The minimum absolute atomic E-state index is 0.0199. The lowest BCUT2D eigenvalue weighted by Gasteiger charge is -2.11. The van der Waals surface area contributed by atoms with Crippen LogP contribution in [0.25, 0.3) is 10.9 Å². The molecule has 0 radical (unpaired) electrons. The number of aryl methyl sites for hydroxylation is 4. The Morgan fingerprint density at radius 3 is 2.56 bits per heavy atom. The van der Waals surface area contributed by atoms with Crippen molar-refractivity contribution in [2.24, 2.45) is 0 Å². The summed E-state index contributed by atoms with van der Waals surface area (Å²) in [5.41, 5.74) is 6.06. The van der Waals surface area contributed by atoms with Crippen molar-refractivity contribution >= 4 is 16.8 Å². The third-order valence-electron chi connectivity index (χ3n) is 4.39. The van der Waals surface area contributed by atoms with Crippen LogP contribution in [0.2, 0.25) is 0 Å². The van der Waals surface area contributed by atoms with Gasteiger partial charge in [-0.25, -0.2) is 0 Å². The normalized spacial score (nSPS) is 10.8. The maximum absolute atomic E-state index is 12.7. The highest BCUT2D eigenvalue weighted by molar-refractivity contribution is 6.07. The van der Waals surface area contributed by atoms with E-state index in [1.807, 2.05) is 51.1 Å². The molecule has 3 heteroatoms. The van der Waals surface area contributed by atoms with E-state index in [9.17, 15) is 4.79 Å². The van der Waals surface area contributed by atoms with Gasteiger partial charge in [0.15, 0.2) is 0 Å². The number of hydrogen-bond donors (Lipinski definition) is 1. The van der Waals surface area contributed by atoms with Crippen LogP contribution in [0, 0.1) is 20.8 Å². The number of amides is 1. The molecule has 3 rings (SSSR count). The molecule has 1 amide bonds. The molecule has 0 aliphatic rings. The van der Waals surface area contributed by atoms with Crippen molar-refractivity contribution in [1.29, 1.82) is 0 Å². The molecule has 128 valence electrons. The van der Waals surface area contributed by atoms with Crippen LogP contribution in [0.5, 0.6) is 0 Å². The highest BCUT2D eigenvalue weighted by Crippen LogP contribution is 2.23. The van der Waals surface area contributed by atoms with Crippen molar-refractivity contribution in [2.45, 2.75) is 33.6 Å². The number of fused-ring (bicyclic) bond motifs is 1. The summed E-state index contributed by atoms with van der Waals surface area (Å²) in [6.45, 7) is 6.70. The van der Waals surface area contributed by atoms with Gasteiger partial charge < -0.3 is 5.32 Å². The molecular weight excluding hydrogens is 308 g/mol. The maximum Gasteiger partial charge on any atom is 0.252 e. The summed E-state index contributed by atoms with van der Waals surface area (Å²) in [6.07, 6.45) is 1.89. The van der Waals surface area contributed by atoms with E-state index < -0.39 is 0 Å². The van der Waals surface area contributed by atoms with Gasteiger partial charge in [0.2, 0.25) is 0 Å². The van der Waals surface area contributed by atoms with Crippen LogP contribution in [0.1, 0.15) is 39.2 Å². The fraction of sp³-hybridized carbons (Fsp3) is 0.273. The number of nitrogens with zero attached hydrogens (tertiary/aromatic N) is 1. The molecular formula is C22H24N2O. The molecule has 3 aromatic rings. The molecule has 0 unspecified atom stereocenters. The SMILES string of the molecule is Cc1cc(C)c2nc(C)cc(C(=O)NCCCc3ccccc3)c2c1. The Bertz CT molecular complexity index is 901. The van der Waals surface area contributed by atoms with Crippen molar-refractivity contribution in [2.75, 3.05) is 6.54 Å². The molecule has 0 bridgehead atoms. The molecule has 2 aromatic carbocycles. The second-order valence-corrected chi connectivity index (χ2v) is 6.63. The summed E-state index contributed by atoms with van der Waals surface area (Å²) < 4.78 is 0. The molecule has 1 heterocycles. The van der Waals surface area contributed by atoms with Crippen molar-refractivity contribution in [1.82, 2.24) is 10.3 Å². The predicted octanol–water partition coefficient (Wildman–Crippen LogP) is 4.52. The van der Waals surface area contributed by atoms with Gasteiger partial charge in [-0.1, -0.05) is 42.0 Å². The van der Waals surface area contributed by atoms with Crippen LogP contribution < -0.4 is 5.32 Å². The van der Waals surface area contributed by atoms with E-state index in [-0.39, 0.29) is 5.91 Å². The van der Waals surface area contributed by atoms with Gasteiger partial charge in [0.1, 0.15) is 0 Å². The van der Waals surface area contributed by atoms with Gasteiger partial charge in [-0.3, -0.25) is 9.78 Å². The minimum atomic E-state index is -0.0199. The molecule has 0 spiro atoms. The predicted molar refractivity (Wildman–Crippen MR) is 103 cm³/mol. The van der Waals surface area contributed by atoms with Crippen molar-refractivity contribution in [3.8, 4) is 0 Å². The Morgan fingerprint density at radius 1 is 1.04 bits per heavy atom. The van der Waals surface area contributed by atoms with Crippen molar-refractivity contribution in [3.05, 3.63) is 76.5 Å². The van der Waals surface area contributed by atoms with Gasteiger partial charge >= 0.3 is 0 Å². The lowest BCUT2D eigenvalue weighted by molar-refractivity contribution is 0.0954. The first-order chi connectivity index (χ1) is 12.0. The fourth-order valence-corrected chi connectivity index (χ4v) is 3.23. The average molecular weight is 332 g/mol. The first-order valence-corrected chi connectivity index (χ1v) is 8.75. The van der Waals surface area contributed by atoms with E-state index in [0.29, 0.717) is 12.1 Å². The second kappa shape index (κ2) is 7.47. The van der Waals surface area contributed by atoms with E-state index in [4.69, 9.17) is 0 Å². The Balaban J connectivity index is 1.73. The van der Waals surface area contributed by atoms with E-state index >= 15 is 0 Å². The van der Waals surface area contributed by atoms with Crippen LogP contribution in [0.4, 0.5) is 0 Å². The number of carbonyl (C=O) groups is 1. The third kappa shape index (κ3) is 4.05. The number of rotatable bonds is 5. The minimum Gasteiger partial charge on any atom is -0.352 e. The molecule has 25 heavy (non-hydrogen) atoms. The maximum atomic E-state index is 12.7. The van der Waals surface area contributed by atoms with Gasteiger partial charge in [-0.2, -0.15) is 0 Å². The monoisotopic (exact) mass is 332 g/mol. The molecule has 1 aromatic heterocycles. The summed E-state index contributed by atoms with van der Waals surface area (Å²) in [6, 6.07) is 16.4. The molecule has 0 fully saturated rings. The zero-order valence-corrected chi connectivity index (χ0v) is 15.1. The molecule has 0 saturated heterocycles.